The largest absolute Gasteiger partial charge is 0.452 e. The average molecular weight is 405 g/mol. The van der Waals surface area contributed by atoms with Crippen LogP contribution in [0, 0.1) is 0 Å². The van der Waals surface area contributed by atoms with Crippen molar-refractivity contribution in [3.05, 3.63) is 83.7 Å². The Morgan fingerprint density at radius 1 is 0.806 bits per heavy atom. The number of aromatic nitrogens is 2. The van der Waals surface area contributed by atoms with E-state index in [1.165, 1.54) is 22.3 Å². The zero-order chi connectivity index (χ0) is 21.3. The van der Waals surface area contributed by atoms with Gasteiger partial charge in [-0.3, -0.25) is 0 Å². The predicted molar refractivity (Wildman–Crippen MR) is 126 cm³/mol. The van der Waals surface area contributed by atoms with Gasteiger partial charge in [-0.1, -0.05) is 76.2 Å². The fourth-order valence-corrected chi connectivity index (χ4v) is 4.93. The molecule has 0 aliphatic heterocycles. The van der Waals surface area contributed by atoms with Crippen LogP contribution in [0.15, 0.2) is 71.1 Å². The van der Waals surface area contributed by atoms with Gasteiger partial charge < -0.3 is 4.42 Å². The summed E-state index contributed by atoms with van der Waals surface area (Å²) in [6.45, 7) is 8.87. The molecule has 5 aromatic rings. The van der Waals surface area contributed by atoms with Crippen LogP contribution in [0.25, 0.3) is 44.5 Å². The molecule has 0 unspecified atom stereocenters. The molecule has 0 amide bonds. The van der Waals surface area contributed by atoms with Gasteiger partial charge in [-0.2, -0.15) is 0 Å². The van der Waals surface area contributed by atoms with Crippen molar-refractivity contribution in [3.8, 4) is 22.4 Å². The Kier molecular flexibility index (Phi) is 3.71. The maximum Gasteiger partial charge on any atom is 0.180 e. The minimum atomic E-state index is -0.00605. The molecule has 1 aliphatic rings. The third kappa shape index (κ3) is 2.53. The number of para-hydroxylation sites is 1. The van der Waals surface area contributed by atoms with E-state index in [0.717, 1.165) is 39.2 Å². The van der Waals surface area contributed by atoms with E-state index in [1.807, 2.05) is 18.2 Å². The van der Waals surface area contributed by atoms with Crippen LogP contribution in [0.5, 0.6) is 0 Å². The molecule has 3 nitrogen and oxygen atoms in total. The van der Waals surface area contributed by atoms with Gasteiger partial charge in [0.2, 0.25) is 0 Å². The van der Waals surface area contributed by atoms with Crippen molar-refractivity contribution in [2.24, 2.45) is 0 Å². The lowest BCUT2D eigenvalue weighted by Gasteiger charge is -2.21. The molecule has 152 valence electrons. The van der Waals surface area contributed by atoms with Crippen LogP contribution >= 0.6 is 0 Å². The lowest BCUT2D eigenvalue weighted by atomic mass is 9.82. The number of rotatable bonds is 2. The van der Waals surface area contributed by atoms with Gasteiger partial charge in [-0.25, -0.2) is 9.97 Å². The number of fused-ring (bicyclic) bond motifs is 6. The molecule has 3 aromatic carbocycles. The van der Waals surface area contributed by atoms with Crippen LogP contribution in [-0.4, -0.2) is 9.97 Å². The molecule has 0 N–H and O–H groups in total. The van der Waals surface area contributed by atoms with Crippen molar-refractivity contribution in [1.29, 1.82) is 0 Å². The first kappa shape index (κ1) is 18.3. The summed E-state index contributed by atoms with van der Waals surface area (Å²) in [5.74, 6) is 1.07. The number of hydrogen-bond donors (Lipinski definition) is 0. The molecule has 6 rings (SSSR count). The number of nitrogens with zero attached hydrogens (tertiary/aromatic N) is 2. The molecule has 1 aliphatic carbocycles. The van der Waals surface area contributed by atoms with E-state index < -0.39 is 0 Å². The van der Waals surface area contributed by atoms with Gasteiger partial charge in [0.25, 0.3) is 0 Å². The van der Waals surface area contributed by atoms with Crippen molar-refractivity contribution >= 4 is 22.1 Å². The van der Waals surface area contributed by atoms with E-state index in [-0.39, 0.29) is 11.3 Å². The first-order valence-corrected chi connectivity index (χ1v) is 10.9. The van der Waals surface area contributed by atoms with E-state index in [0.29, 0.717) is 0 Å². The molecule has 0 fully saturated rings. The van der Waals surface area contributed by atoms with Crippen LogP contribution < -0.4 is 0 Å². The SMILES string of the molecule is CC(C)c1nc(-c2ccc3c(c2)-c2ccccc2C3(C)C)c2oc3ccccc3c2n1. The first-order chi connectivity index (χ1) is 14.9. The van der Waals surface area contributed by atoms with Crippen molar-refractivity contribution in [3.63, 3.8) is 0 Å². The molecule has 31 heavy (non-hydrogen) atoms. The van der Waals surface area contributed by atoms with Crippen molar-refractivity contribution in [1.82, 2.24) is 9.97 Å². The maximum atomic E-state index is 6.28. The van der Waals surface area contributed by atoms with Gasteiger partial charge in [-0.05, 0) is 40.5 Å². The smallest absolute Gasteiger partial charge is 0.180 e. The van der Waals surface area contributed by atoms with Crippen LogP contribution in [0.1, 0.15) is 50.6 Å². The molecule has 0 bridgehead atoms. The van der Waals surface area contributed by atoms with E-state index in [1.54, 1.807) is 0 Å². The van der Waals surface area contributed by atoms with Gasteiger partial charge in [0.05, 0.1) is 0 Å². The maximum absolute atomic E-state index is 6.28. The van der Waals surface area contributed by atoms with E-state index >= 15 is 0 Å². The minimum absolute atomic E-state index is 0.00605. The fraction of sp³-hybridized carbons (Fsp3) is 0.214. The molecule has 0 saturated carbocycles. The zero-order valence-electron chi connectivity index (χ0n) is 18.2. The second-order valence-corrected chi connectivity index (χ2v) is 9.29. The molecule has 3 heteroatoms. The topological polar surface area (TPSA) is 38.9 Å². The van der Waals surface area contributed by atoms with Crippen molar-refractivity contribution in [2.45, 2.75) is 39.0 Å². The third-order valence-corrected chi connectivity index (χ3v) is 6.61. The molecule has 2 heterocycles. The lowest BCUT2D eigenvalue weighted by molar-refractivity contribution is 0.660. The number of furan rings is 1. The van der Waals surface area contributed by atoms with Gasteiger partial charge in [-0.15, -0.1) is 0 Å². The highest BCUT2D eigenvalue weighted by Gasteiger charge is 2.35. The lowest BCUT2D eigenvalue weighted by Crippen LogP contribution is -2.14. The summed E-state index contributed by atoms with van der Waals surface area (Å²) < 4.78 is 6.28. The Morgan fingerprint density at radius 2 is 1.55 bits per heavy atom. The summed E-state index contributed by atoms with van der Waals surface area (Å²) in [4.78, 5) is 9.85. The van der Waals surface area contributed by atoms with Crippen molar-refractivity contribution < 1.29 is 4.42 Å². The summed E-state index contributed by atoms with van der Waals surface area (Å²) in [5, 5.41) is 1.04. The highest BCUT2D eigenvalue weighted by Crippen LogP contribution is 2.49. The molecule has 0 spiro atoms. The van der Waals surface area contributed by atoms with Crippen molar-refractivity contribution in [2.75, 3.05) is 0 Å². The molecule has 0 radical (unpaired) electrons. The van der Waals surface area contributed by atoms with Crippen LogP contribution in [0.2, 0.25) is 0 Å². The minimum Gasteiger partial charge on any atom is -0.452 e. The standard InChI is InChI=1S/C28H24N2O/c1-16(2)27-29-24(26-25(30-27)19-10-6-8-12-23(19)31-26)17-13-14-22-20(15-17)18-9-5-7-11-21(18)28(22,3)4/h5-16H,1-4H3. The molecular weight excluding hydrogens is 380 g/mol. The zero-order valence-corrected chi connectivity index (χ0v) is 18.2. The Bertz CT molecular complexity index is 1490. The summed E-state index contributed by atoms with van der Waals surface area (Å²) >= 11 is 0. The quantitative estimate of drug-likeness (QED) is 0.306. The highest BCUT2D eigenvalue weighted by molar-refractivity contribution is 6.06. The van der Waals surface area contributed by atoms with Gasteiger partial charge in [0, 0.05) is 22.3 Å². The van der Waals surface area contributed by atoms with Gasteiger partial charge in [0.15, 0.2) is 5.58 Å². The fourth-order valence-electron chi connectivity index (χ4n) is 4.93. The second kappa shape index (κ2) is 6.27. The molecule has 2 aromatic heterocycles. The Labute approximate surface area is 181 Å². The first-order valence-electron chi connectivity index (χ1n) is 10.9. The normalized spacial score (nSPS) is 14.4. The summed E-state index contributed by atoms with van der Waals surface area (Å²) in [6, 6.07) is 23.5. The van der Waals surface area contributed by atoms with Crippen LogP contribution in [0.4, 0.5) is 0 Å². The van der Waals surface area contributed by atoms with E-state index in [4.69, 9.17) is 14.4 Å². The molecule has 0 atom stereocenters. The van der Waals surface area contributed by atoms with Gasteiger partial charge >= 0.3 is 0 Å². The third-order valence-electron chi connectivity index (χ3n) is 6.61. The van der Waals surface area contributed by atoms with Gasteiger partial charge in [0.1, 0.15) is 22.6 Å². The second-order valence-electron chi connectivity index (χ2n) is 9.29. The average Bonchev–Trinajstić information content (AvgIpc) is 3.26. The monoisotopic (exact) mass is 404 g/mol. The Balaban J connectivity index is 1.66. The summed E-state index contributed by atoms with van der Waals surface area (Å²) in [7, 11) is 0. The summed E-state index contributed by atoms with van der Waals surface area (Å²) in [5.41, 5.74) is 9.76. The molecule has 0 saturated heterocycles. The predicted octanol–water partition coefficient (Wildman–Crippen LogP) is 7.47. The summed E-state index contributed by atoms with van der Waals surface area (Å²) in [6.07, 6.45) is 0. The molecular formula is C28H24N2O. The number of benzene rings is 3. The Hall–Kier alpha value is -3.46. The van der Waals surface area contributed by atoms with Crippen LogP contribution in [0.3, 0.4) is 0 Å². The van der Waals surface area contributed by atoms with E-state index in [9.17, 15) is 0 Å². The van der Waals surface area contributed by atoms with Crippen LogP contribution in [-0.2, 0) is 5.41 Å². The highest BCUT2D eigenvalue weighted by atomic mass is 16.3. The van der Waals surface area contributed by atoms with E-state index in [2.05, 4.69) is 76.2 Å². The Morgan fingerprint density at radius 3 is 2.39 bits per heavy atom. The number of hydrogen-bond acceptors (Lipinski definition) is 3.